The maximum absolute atomic E-state index is 2.48. The van der Waals surface area contributed by atoms with Crippen LogP contribution >= 0.6 is 0 Å². The minimum absolute atomic E-state index is 0.252. The smallest absolute Gasteiger partial charge is 0.0714 e. The van der Waals surface area contributed by atoms with Crippen molar-refractivity contribution in [2.45, 2.75) is 24.7 Å². The molecule has 78 heavy (non-hydrogen) atoms. The van der Waals surface area contributed by atoms with Crippen LogP contribution in [0, 0.1) is 0 Å². The van der Waals surface area contributed by atoms with Crippen LogP contribution in [0.25, 0.3) is 83.1 Å². The average molecular weight is 995 g/mol. The van der Waals surface area contributed by atoms with Crippen molar-refractivity contribution in [1.82, 2.24) is 4.57 Å². The molecule has 12 aromatic carbocycles. The van der Waals surface area contributed by atoms with Gasteiger partial charge in [-0.2, -0.15) is 0 Å². The van der Waals surface area contributed by atoms with Crippen LogP contribution in [0.5, 0.6) is 0 Å². The summed E-state index contributed by atoms with van der Waals surface area (Å²) in [6.45, 7) is 4.82. The number of benzene rings is 12. The summed E-state index contributed by atoms with van der Waals surface area (Å²) in [6, 6.07) is 108. The minimum Gasteiger partial charge on any atom is -0.310 e. The Balaban J connectivity index is 0.905. The zero-order valence-corrected chi connectivity index (χ0v) is 43.6. The molecule has 2 aliphatic carbocycles. The van der Waals surface area contributed by atoms with E-state index in [1.807, 2.05) is 0 Å². The van der Waals surface area contributed by atoms with Crippen LogP contribution in [0.2, 0.25) is 0 Å². The molecule has 0 amide bonds. The van der Waals surface area contributed by atoms with Gasteiger partial charge in [-0.05, 0) is 144 Å². The predicted molar refractivity (Wildman–Crippen MR) is 327 cm³/mol. The van der Waals surface area contributed by atoms with Crippen LogP contribution in [0.1, 0.15) is 47.2 Å². The van der Waals surface area contributed by atoms with Crippen molar-refractivity contribution >= 4 is 38.9 Å². The van der Waals surface area contributed by atoms with Gasteiger partial charge in [-0.25, -0.2) is 0 Å². The zero-order valence-electron chi connectivity index (χ0n) is 43.6. The van der Waals surface area contributed by atoms with Gasteiger partial charge in [0.15, 0.2) is 0 Å². The van der Waals surface area contributed by atoms with E-state index < -0.39 is 5.41 Å². The highest BCUT2D eigenvalue weighted by atomic mass is 15.1. The van der Waals surface area contributed by atoms with Crippen molar-refractivity contribution in [3.05, 3.63) is 325 Å². The van der Waals surface area contributed by atoms with Crippen molar-refractivity contribution < 1.29 is 0 Å². The summed E-state index contributed by atoms with van der Waals surface area (Å²) in [4.78, 5) is 2.48. The topological polar surface area (TPSA) is 8.17 Å². The van der Waals surface area contributed by atoms with Crippen molar-refractivity contribution in [3.63, 3.8) is 0 Å². The van der Waals surface area contributed by atoms with Gasteiger partial charge >= 0.3 is 0 Å². The van der Waals surface area contributed by atoms with Crippen LogP contribution in [0.4, 0.5) is 17.1 Å². The molecule has 13 aromatic rings. The minimum atomic E-state index is -0.527. The summed E-state index contributed by atoms with van der Waals surface area (Å²) >= 11 is 0. The molecule has 2 nitrogen and oxygen atoms in total. The molecular formula is C76H54N2. The van der Waals surface area contributed by atoms with Crippen molar-refractivity contribution in [3.8, 4) is 61.3 Å². The number of anilines is 3. The number of hydrogen-bond acceptors (Lipinski definition) is 1. The Bertz CT molecular complexity index is 4380. The third-order valence-electron chi connectivity index (χ3n) is 17.1. The van der Waals surface area contributed by atoms with Crippen molar-refractivity contribution in [2.75, 3.05) is 4.90 Å². The van der Waals surface area contributed by atoms with E-state index in [0.717, 1.165) is 17.1 Å². The Hall–Kier alpha value is -9.76. The molecule has 2 aliphatic rings. The van der Waals surface area contributed by atoms with Gasteiger partial charge in [0, 0.05) is 38.8 Å². The fourth-order valence-corrected chi connectivity index (χ4v) is 13.7. The Morgan fingerprint density at radius 2 is 0.821 bits per heavy atom. The molecule has 0 atom stereocenters. The second kappa shape index (κ2) is 17.9. The van der Waals surface area contributed by atoms with Crippen LogP contribution < -0.4 is 4.90 Å². The quantitative estimate of drug-likeness (QED) is 0.140. The third kappa shape index (κ3) is 6.83. The van der Waals surface area contributed by atoms with Crippen LogP contribution in [-0.4, -0.2) is 4.57 Å². The summed E-state index contributed by atoms with van der Waals surface area (Å²) in [6.07, 6.45) is 0. The van der Waals surface area contributed by atoms with Crippen molar-refractivity contribution in [2.24, 2.45) is 0 Å². The number of hydrogen-bond donors (Lipinski definition) is 0. The highest BCUT2D eigenvalue weighted by Crippen LogP contribution is 2.60. The molecule has 0 N–H and O–H groups in total. The summed E-state index contributed by atoms with van der Waals surface area (Å²) in [5.41, 5.74) is 26.4. The Kier molecular flexibility index (Phi) is 10.5. The molecule has 0 aliphatic heterocycles. The van der Waals surface area contributed by atoms with E-state index in [9.17, 15) is 0 Å². The van der Waals surface area contributed by atoms with Gasteiger partial charge < -0.3 is 9.47 Å². The molecule has 0 saturated carbocycles. The van der Waals surface area contributed by atoms with E-state index in [1.165, 1.54) is 117 Å². The molecule has 368 valence electrons. The van der Waals surface area contributed by atoms with Crippen molar-refractivity contribution in [1.29, 1.82) is 0 Å². The molecule has 1 heterocycles. The first-order valence-electron chi connectivity index (χ1n) is 27.3. The lowest BCUT2D eigenvalue weighted by Crippen LogP contribution is -2.28. The third-order valence-corrected chi connectivity index (χ3v) is 17.1. The fourth-order valence-electron chi connectivity index (χ4n) is 13.7. The first-order chi connectivity index (χ1) is 38.5. The highest BCUT2D eigenvalue weighted by Gasteiger charge is 2.47. The normalized spacial score (nSPS) is 13.5. The maximum atomic E-state index is 2.48. The lowest BCUT2D eigenvalue weighted by atomic mass is 9.68. The molecule has 0 spiro atoms. The molecule has 0 radical (unpaired) electrons. The lowest BCUT2D eigenvalue weighted by Gasteiger charge is -2.34. The van der Waals surface area contributed by atoms with Crippen LogP contribution in [0.15, 0.2) is 291 Å². The van der Waals surface area contributed by atoms with E-state index in [4.69, 9.17) is 0 Å². The van der Waals surface area contributed by atoms with Gasteiger partial charge in [0.25, 0.3) is 0 Å². The number of fused-ring (bicyclic) bond motifs is 9. The van der Waals surface area contributed by atoms with E-state index in [0.29, 0.717) is 0 Å². The standard InChI is InChI=1S/C76H54N2/c1-75(2)66-33-18-15-31-63(66)72-60(54-42-49-70-65(50-54)62-30-17-20-36-69(62)78(70)57-28-13-6-14-29-57)47-48-61(74(72)75)53-40-45-59(46-41-53)77(58-43-38-52(39-44-58)51-22-7-3-8-23-51)71-37-21-35-68-73(71)64-32-16-19-34-67(64)76(68,55-24-9-4-10-25-55)56-26-11-5-12-27-56/h3-50H,1-2H3. The predicted octanol–water partition coefficient (Wildman–Crippen LogP) is 19.9. The molecule has 0 bridgehead atoms. The van der Waals surface area contributed by atoms with E-state index in [1.54, 1.807) is 0 Å². The molecule has 0 unspecified atom stereocenters. The van der Waals surface area contributed by atoms with Crippen LogP contribution in [0.3, 0.4) is 0 Å². The van der Waals surface area contributed by atoms with Gasteiger partial charge in [-0.1, -0.05) is 244 Å². The zero-order chi connectivity index (χ0) is 52.0. The Labute approximate surface area is 456 Å². The number of nitrogens with zero attached hydrogens (tertiary/aromatic N) is 2. The summed E-state index contributed by atoms with van der Waals surface area (Å²) in [7, 11) is 0. The average Bonchev–Trinajstić information content (AvgIpc) is 3.97. The van der Waals surface area contributed by atoms with E-state index >= 15 is 0 Å². The molecule has 2 heteroatoms. The van der Waals surface area contributed by atoms with Gasteiger partial charge in [-0.15, -0.1) is 0 Å². The highest BCUT2D eigenvalue weighted by molar-refractivity contribution is 6.11. The van der Waals surface area contributed by atoms with Gasteiger partial charge in [0.1, 0.15) is 0 Å². The lowest BCUT2D eigenvalue weighted by molar-refractivity contribution is 0.662. The monoisotopic (exact) mass is 994 g/mol. The van der Waals surface area contributed by atoms with Gasteiger partial charge in [-0.3, -0.25) is 0 Å². The van der Waals surface area contributed by atoms with E-state index in [2.05, 4.69) is 315 Å². The number of para-hydroxylation sites is 2. The molecule has 0 saturated heterocycles. The Morgan fingerprint density at radius 3 is 1.50 bits per heavy atom. The molecule has 15 rings (SSSR count). The fraction of sp³-hybridized carbons (Fsp3) is 0.0526. The van der Waals surface area contributed by atoms with E-state index in [-0.39, 0.29) is 5.41 Å². The largest absolute Gasteiger partial charge is 0.310 e. The second-order valence-corrected chi connectivity index (χ2v) is 21.5. The van der Waals surface area contributed by atoms with Crippen LogP contribution in [-0.2, 0) is 10.8 Å². The summed E-state index contributed by atoms with van der Waals surface area (Å²) < 4.78 is 2.40. The molecule has 1 aromatic heterocycles. The first-order valence-corrected chi connectivity index (χ1v) is 27.3. The maximum Gasteiger partial charge on any atom is 0.0714 e. The SMILES string of the molecule is CC1(C)c2ccccc2-c2c(-c3ccc4c(c3)c3ccccc3n4-c3ccccc3)ccc(-c3ccc(N(c4ccc(-c5ccccc5)cc4)c4cccc5c4-c4ccccc4C5(c4ccccc4)c4ccccc4)cc3)c21. The number of aromatic nitrogens is 1. The van der Waals surface area contributed by atoms with Gasteiger partial charge in [0.2, 0.25) is 0 Å². The molecular weight excluding hydrogens is 941 g/mol. The van der Waals surface area contributed by atoms with Gasteiger partial charge in [0.05, 0.1) is 22.1 Å². The number of rotatable bonds is 9. The molecule has 0 fully saturated rings. The summed E-state index contributed by atoms with van der Waals surface area (Å²) in [5.74, 6) is 0. The Morgan fingerprint density at radius 1 is 0.321 bits per heavy atom. The first kappa shape index (κ1) is 45.6. The second-order valence-electron chi connectivity index (χ2n) is 21.5. The summed E-state index contributed by atoms with van der Waals surface area (Å²) in [5, 5.41) is 2.51.